The molecule has 0 amide bonds. The first-order valence-corrected chi connectivity index (χ1v) is 7.78. The summed E-state index contributed by atoms with van der Waals surface area (Å²) in [6.45, 7) is 1.92. The highest BCUT2D eigenvalue weighted by molar-refractivity contribution is 7.91. The average Bonchev–Trinajstić information content (AvgIpc) is 2.68. The Kier molecular flexibility index (Phi) is 3.58. The summed E-state index contributed by atoms with van der Waals surface area (Å²) >= 11 is 0. The van der Waals surface area contributed by atoms with Crippen molar-refractivity contribution < 1.29 is 12.8 Å². The van der Waals surface area contributed by atoms with Gasteiger partial charge in [-0.1, -0.05) is 0 Å². The molecule has 1 fully saturated rings. The van der Waals surface area contributed by atoms with Crippen LogP contribution in [0.15, 0.2) is 16.5 Å². The lowest BCUT2D eigenvalue weighted by Crippen LogP contribution is -2.32. The predicted molar refractivity (Wildman–Crippen MR) is 66.6 cm³/mol. The summed E-state index contributed by atoms with van der Waals surface area (Å²) in [6, 6.07) is 4.04. The molecule has 1 saturated heterocycles. The molecule has 1 aromatic heterocycles. The van der Waals surface area contributed by atoms with Crippen molar-refractivity contribution in [2.75, 3.05) is 18.6 Å². The van der Waals surface area contributed by atoms with Gasteiger partial charge in [0.2, 0.25) is 0 Å². The van der Waals surface area contributed by atoms with E-state index in [9.17, 15) is 8.42 Å². The molecule has 0 saturated carbocycles. The third-order valence-corrected chi connectivity index (χ3v) is 5.16. The van der Waals surface area contributed by atoms with Crippen molar-refractivity contribution in [1.29, 1.82) is 0 Å². The molecule has 5 heteroatoms. The standard InChI is InChI=1S/C12H19NO3S/c1-9-3-4-11(16-9)12(13-2)10-5-7-17(14,15)8-6-10/h3-4,10,12-13H,5-8H2,1-2H3. The average molecular weight is 257 g/mol. The van der Waals surface area contributed by atoms with Crippen molar-refractivity contribution in [2.45, 2.75) is 25.8 Å². The largest absolute Gasteiger partial charge is 0.465 e. The molecule has 1 aromatic rings. The molecule has 1 aliphatic heterocycles. The molecular formula is C12H19NO3S. The zero-order valence-electron chi connectivity index (χ0n) is 10.3. The van der Waals surface area contributed by atoms with Crippen LogP contribution >= 0.6 is 0 Å². The van der Waals surface area contributed by atoms with Crippen molar-refractivity contribution in [3.8, 4) is 0 Å². The molecule has 1 unspecified atom stereocenters. The predicted octanol–water partition coefficient (Wildman–Crippen LogP) is 1.67. The molecule has 2 heterocycles. The lowest BCUT2D eigenvalue weighted by molar-refractivity contribution is 0.299. The van der Waals surface area contributed by atoms with Crippen LogP contribution < -0.4 is 5.32 Å². The highest BCUT2D eigenvalue weighted by atomic mass is 32.2. The molecule has 0 spiro atoms. The van der Waals surface area contributed by atoms with Gasteiger partial charge in [-0.25, -0.2) is 8.42 Å². The quantitative estimate of drug-likeness (QED) is 0.895. The van der Waals surface area contributed by atoms with Crippen molar-refractivity contribution in [2.24, 2.45) is 5.92 Å². The van der Waals surface area contributed by atoms with E-state index in [0.29, 0.717) is 30.3 Å². The monoisotopic (exact) mass is 257 g/mol. The maximum Gasteiger partial charge on any atom is 0.150 e. The molecular weight excluding hydrogens is 238 g/mol. The van der Waals surface area contributed by atoms with Gasteiger partial charge in [0.1, 0.15) is 21.4 Å². The number of hydrogen-bond acceptors (Lipinski definition) is 4. The fourth-order valence-electron chi connectivity index (χ4n) is 2.47. The number of nitrogens with one attached hydrogen (secondary N) is 1. The number of hydrogen-bond donors (Lipinski definition) is 1. The fourth-order valence-corrected chi connectivity index (χ4v) is 4.00. The maximum absolute atomic E-state index is 11.4. The second kappa shape index (κ2) is 4.82. The smallest absolute Gasteiger partial charge is 0.150 e. The van der Waals surface area contributed by atoms with Crippen LogP contribution in [0.5, 0.6) is 0 Å². The van der Waals surface area contributed by atoms with Crippen LogP contribution in [0.1, 0.15) is 30.4 Å². The number of aryl methyl sites for hydroxylation is 1. The van der Waals surface area contributed by atoms with E-state index in [1.807, 2.05) is 26.1 Å². The van der Waals surface area contributed by atoms with Gasteiger partial charge in [-0.15, -0.1) is 0 Å². The van der Waals surface area contributed by atoms with Crippen molar-refractivity contribution in [1.82, 2.24) is 5.32 Å². The number of rotatable bonds is 3. The van der Waals surface area contributed by atoms with Crippen LogP contribution in [0.3, 0.4) is 0 Å². The third kappa shape index (κ3) is 2.90. The first-order valence-electron chi connectivity index (χ1n) is 5.96. The molecule has 17 heavy (non-hydrogen) atoms. The SMILES string of the molecule is CNC(c1ccc(C)o1)C1CCS(=O)(=O)CC1. The fraction of sp³-hybridized carbons (Fsp3) is 0.667. The Morgan fingerprint density at radius 1 is 1.35 bits per heavy atom. The van der Waals surface area contributed by atoms with Gasteiger partial charge in [-0.2, -0.15) is 0 Å². The molecule has 0 aromatic carbocycles. The molecule has 2 rings (SSSR count). The lowest BCUT2D eigenvalue weighted by Gasteiger charge is -2.28. The minimum Gasteiger partial charge on any atom is -0.465 e. The third-order valence-electron chi connectivity index (χ3n) is 3.45. The van der Waals surface area contributed by atoms with Crippen LogP contribution in [0.2, 0.25) is 0 Å². The zero-order chi connectivity index (χ0) is 12.5. The minimum absolute atomic E-state index is 0.124. The van der Waals surface area contributed by atoms with Crippen molar-refractivity contribution in [3.05, 3.63) is 23.7 Å². The molecule has 4 nitrogen and oxygen atoms in total. The molecule has 96 valence electrons. The summed E-state index contributed by atoms with van der Waals surface area (Å²) in [5.74, 6) is 2.75. The van der Waals surface area contributed by atoms with Crippen LogP contribution in [-0.2, 0) is 9.84 Å². The Morgan fingerprint density at radius 3 is 2.47 bits per heavy atom. The van der Waals surface area contributed by atoms with Crippen LogP contribution in [0.4, 0.5) is 0 Å². The van der Waals surface area contributed by atoms with E-state index in [2.05, 4.69) is 5.32 Å². The van der Waals surface area contributed by atoms with Crippen molar-refractivity contribution >= 4 is 9.84 Å². The summed E-state index contributed by atoms with van der Waals surface area (Å²) in [7, 11) is -0.898. The van der Waals surface area contributed by atoms with Crippen LogP contribution in [-0.4, -0.2) is 27.0 Å². The van der Waals surface area contributed by atoms with Crippen LogP contribution in [0.25, 0.3) is 0 Å². The molecule has 1 aliphatic rings. The molecule has 1 N–H and O–H groups in total. The van der Waals surface area contributed by atoms with E-state index < -0.39 is 9.84 Å². The number of furan rings is 1. The van der Waals surface area contributed by atoms with Gasteiger partial charge in [0, 0.05) is 0 Å². The molecule has 1 atom stereocenters. The normalized spacial score (nSPS) is 22.5. The van der Waals surface area contributed by atoms with Gasteiger partial charge in [0.15, 0.2) is 0 Å². The topological polar surface area (TPSA) is 59.3 Å². The Labute approximate surface area is 102 Å². The van der Waals surface area contributed by atoms with Gasteiger partial charge in [0.05, 0.1) is 17.5 Å². The highest BCUT2D eigenvalue weighted by Crippen LogP contribution is 2.32. The second-order valence-corrected chi connectivity index (χ2v) is 7.01. The van der Waals surface area contributed by atoms with E-state index >= 15 is 0 Å². The Bertz CT molecular complexity index is 464. The zero-order valence-corrected chi connectivity index (χ0v) is 11.1. The van der Waals surface area contributed by atoms with Gasteiger partial charge < -0.3 is 9.73 Å². The second-order valence-electron chi connectivity index (χ2n) is 4.70. The van der Waals surface area contributed by atoms with Crippen molar-refractivity contribution in [3.63, 3.8) is 0 Å². The Hall–Kier alpha value is -0.810. The first kappa shape index (κ1) is 12.6. The maximum atomic E-state index is 11.4. The molecule has 0 aliphatic carbocycles. The summed E-state index contributed by atoms with van der Waals surface area (Å²) in [4.78, 5) is 0. The Balaban J connectivity index is 2.10. The van der Waals surface area contributed by atoms with Gasteiger partial charge in [-0.05, 0) is 44.9 Å². The van der Waals surface area contributed by atoms with E-state index in [-0.39, 0.29) is 6.04 Å². The summed E-state index contributed by atoms with van der Waals surface area (Å²) in [6.07, 6.45) is 1.43. The minimum atomic E-state index is -2.79. The van der Waals surface area contributed by atoms with Gasteiger partial charge in [0.25, 0.3) is 0 Å². The highest BCUT2D eigenvalue weighted by Gasteiger charge is 2.31. The van der Waals surface area contributed by atoms with E-state index in [0.717, 1.165) is 11.5 Å². The lowest BCUT2D eigenvalue weighted by atomic mass is 9.92. The Morgan fingerprint density at radius 2 is 2.00 bits per heavy atom. The number of sulfone groups is 1. The molecule has 0 radical (unpaired) electrons. The van der Waals surface area contributed by atoms with Gasteiger partial charge >= 0.3 is 0 Å². The van der Waals surface area contributed by atoms with E-state index in [4.69, 9.17) is 4.42 Å². The van der Waals surface area contributed by atoms with E-state index in [1.165, 1.54) is 0 Å². The summed E-state index contributed by atoms with van der Waals surface area (Å²) < 4.78 is 28.4. The first-order chi connectivity index (χ1) is 8.02. The van der Waals surface area contributed by atoms with Gasteiger partial charge in [-0.3, -0.25) is 0 Å². The van der Waals surface area contributed by atoms with E-state index in [1.54, 1.807) is 0 Å². The summed E-state index contributed by atoms with van der Waals surface area (Å²) in [5.41, 5.74) is 0. The molecule has 0 bridgehead atoms. The van der Waals surface area contributed by atoms with Crippen LogP contribution in [0, 0.1) is 12.8 Å². The summed E-state index contributed by atoms with van der Waals surface area (Å²) in [5, 5.41) is 3.24.